The SMILES string of the molecule is CCC(CC#N)NC.[HH]. The highest BCUT2D eigenvalue weighted by Crippen LogP contribution is 1.92. The summed E-state index contributed by atoms with van der Waals surface area (Å²) in [6, 6.07) is 2.50. The number of hydrogen-bond donors (Lipinski definition) is 1. The van der Waals surface area contributed by atoms with Gasteiger partial charge in [-0.15, -0.1) is 0 Å². The zero-order chi connectivity index (χ0) is 6.41. The van der Waals surface area contributed by atoms with Gasteiger partial charge in [0.2, 0.25) is 0 Å². The molecule has 0 aliphatic carbocycles. The first-order valence-corrected chi connectivity index (χ1v) is 2.89. The van der Waals surface area contributed by atoms with E-state index < -0.39 is 0 Å². The molecule has 0 saturated carbocycles. The fourth-order valence-electron chi connectivity index (χ4n) is 0.561. The van der Waals surface area contributed by atoms with Gasteiger partial charge >= 0.3 is 0 Å². The Kier molecular flexibility index (Phi) is 4.29. The lowest BCUT2D eigenvalue weighted by Crippen LogP contribution is -2.23. The molecule has 0 aromatic heterocycles. The average Bonchev–Trinajstić information content (AvgIpc) is 1.83. The van der Waals surface area contributed by atoms with Crippen LogP contribution in [0, 0.1) is 11.3 Å². The Hall–Kier alpha value is -0.550. The lowest BCUT2D eigenvalue weighted by molar-refractivity contribution is 0.557. The van der Waals surface area contributed by atoms with Crippen LogP contribution in [0.4, 0.5) is 0 Å². The van der Waals surface area contributed by atoms with E-state index in [1.165, 1.54) is 0 Å². The number of nitriles is 1. The van der Waals surface area contributed by atoms with Gasteiger partial charge in [0.05, 0.1) is 12.5 Å². The fourth-order valence-corrected chi connectivity index (χ4v) is 0.561. The average molecular weight is 114 g/mol. The first kappa shape index (κ1) is 7.45. The minimum absolute atomic E-state index is 0. The molecule has 0 rings (SSSR count). The Morgan fingerprint density at radius 2 is 2.50 bits per heavy atom. The summed E-state index contributed by atoms with van der Waals surface area (Å²) in [5, 5.41) is 11.2. The van der Waals surface area contributed by atoms with Crippen LogP contribution in [-0.4, -0.2) is 13.1 Å². The van der Waals surface area contributed by atoms with E-state index in [9.17, 15) is 0 Å². The molecule has 0 aliphatic rings. The van der Waals surface area contributed by atoms with E-state index in [4.69, 9.17) is 5.26 Å². The summed E-state index contributed by atoms with van der Waals surface area (Å²) in [5.74, 6) is 0. The van der Waals surface area contributed by atoms with E-state index in [0.717, 1.165) is 6.42 Å². The van der Waals surface area contributed by atoms with Crippen LogP contribution in [0.2, 0.25) is 0 Å². The van der Waals surface area contributed by atoms with Crippen molar-refractivity contribution in [3.05, 3.63) is 0 Å². The Morgan fingerprint density at radius 1 is 1.88 bits per heavy atom. The van der Waals surface area contributed by atoms with E-state index >= 15 is 0 Å². The first-order valence-electron chi connectivity index (χ1n) is 2.89. The molecule has 0 amide bonds. The van der Waals surface area contributed by atoms with Crippen LogP contribution in [0.3, 0.4) is 0 Å². The molecule has 1 atom stereocenters. The predicted molar refractivity (Wildman–Crippen MR) is 35.5 cm³/mol. The minimum Gasteiger partial charge on any atom is -0.316 e. The van der Waals surface area contributed by atoms with Crippen LogP contribution >= 0.6 is 0 Å². The van der Waals surface area contributed by atoms with Gasteiger partial charge in [-0.1, -0.05) is 6.92 Å². The molecule has 0 aromatic carbocycles. The van der Waals surface area contributed by atoms with Crippen LogP contribution in [0.5, 0.6) is 0 Å². The normalized spacial score (nSPS) is 12.6. The van der Waals surface area contributed by atoms with E-state index in [2.05, 4.69) is 18.3 Å². The van der Waals surface area contributed by atoms with Gasteiger partial charge in [-0.25, -0.2) is 0 Å². The lowest BCUT2D eigenvalue weighted by Gasteiger charge is -2.06. The summed E-state index contributed by atoms with van der Waals surface area (Å²) in [6.45, 7) is 2.07. The molecule has 48 valence electrons. The lowest BCUT2D eigenvalue weighted by atomic mass is 10.2. The standard InChI is InChI=1S/C6H12N2.H2/c1-3-6(8-2)4-5-7;/h6,8H,3-4H2,1-2H3;1H. The topological polar surface area (TPSA) is 35.8 Å². The summed E-state index contributed by atoms with van der Waals surface area (Å²) < 4.78 is 0. The fraction of sp³-hybridized carbons (Fsp3) is 0.833. The molecule has 0 saturated heterocycles. The number of hydrogen-bond acceptors (Lipinski definition) is 2. The van der Waals surface area contributed by atoms with Crippen LogP contribution in [-0.2, 0) is 0 Å². The molecule has 0 aliphatic heterocycles. The van der Waals surface area contributed by atoms with Crippen molar-refractivity contribution in [2.75, 3.05) is 7.05 Å². The highest BCUT2D eigenvalue weighted by Gasteiger charge is 1.98. The molecule has 0 bridgehead atoms. The predicted octanol–water partition coefficient (Wildman–Crippen LogP) is 1.14. The second kappa shape index (κ2) is 4.61. The van der Waals surface area contributed by atoms with E-state index in [1.807, 2.05) is 7.05 Å². The molecule has 0 fully saturated rings. The largest absolute Gasteiger partial charge is 0.316 e. The first-order chi connectivity index (χ1) is 3.85. The van der Waals surface area contributed by atoms with Crippen LogP contribution in [0.15, 0.2) is 0 Å². The van der Waals surface area contributed by atoms with E-state index in [0.29, 0.717) is 12.5 Å². The molecular weight excluding hydrogens is 100 g/mol. The maximum absolute atomic E-state index is 8.21. The third-order valence-electron chi connectivity index (χ3n) is 1.24. The van der Waals surface area contributed by atoms with E-state index in [-0.39, 0.29) is 1.43 Å². The number of rotatable bonds is 3. The molecule has 0 heterocycles. The molecule has 0 spiro atoms. The summed E-state index contributed by atoms with van der Waals surface area (Å²) in [7, 11) is 1.88. The Bertz CT molecular complexity index is 83.5. The zero-order valence-corrected chi connectivity index (χ0v) is 5.44. The van der Waals surface area contributed by atoms with Crippen molar-refractivity contribution >= 4 is 0 Å². The highest BCUT2D eigenvalue weighted by molar-refractivity contribution is 4.78. The quantitative estimate of drug-likeness (QED) is 0.597. The zero-order valence-electron chi connectivity index (χ0n) is 5.44. The number of nitrogens with zero attached hydrogens (tertiary/aromatic N) is 1. The van der Waals surface area contributed by atoms with Crippen LogP contribution in [0.1, 0.15) is 21.2 Å². The van der Waals surface area contributed by atoms with Crippen molar-refractivity contribution in [1.29, 1.82) is 5.26 Å². The smallest absolute Gasteiger partial charge is 0.0638 e. The second-order valence-electron chi connectivity index (χ2n) is 1.76. The third kappa shape index (κ3) is 2.59. The van der Waals surface area contributed by atoms with Gasteiger partial charge in [0.25, 0.3) is 0 Å². The monoisotopic (exact) mass is 114 g/mol. The van der Waals surface area contributed by atoms with Crippen LogP contribution < -0.4 is 5.32 Å². The van der Waals surface area contributed by atoms with Crippen LogP contribution in [0.25, 0.3) is 0 Å². The second-order valence-corrected chi connectivity index (χ2v) is 1.76. The highest BCUT2D eigenvalue weighted by atomic mass is 14.9. The summed E-state index contributed by atoms with van der Waals surface area (Å²) >= 11 is 0. The van der Waals surface area contributed by atoms with Gasteiger partial charge in [0.15, 0.2) is 0 Å². The van der Waals surface area contributed by atoms with Crippen molar-refractivity contribution in [3.63, 3.8) is 0 Å². The van der Waals surface area contributed by atoms with Gasteiger partial charge in [0.1, 0.15) is 0 Å². The Balaban J connectivity index is 0. The van der Waals surface area contributed by atoms with Crippen molar-refractivity contribution in [3.8, 4) is 6.07 Å². The Labute approximate surface area is 52.0 Å². The molecule has 1 unspecified atom stereocenters. The summed E-state index contributed by atoms with van der Waals surface area (Å²) in [6.07, 6.45) is 1.65. The van der Waals surface area contributed by atoms with Gasteiger partial charge in [-0.2, -0.15) is 5.26 Å². The molecule has 8 heavy (non-hydrogen) atoms. The molecule has 0 aromatic rings. The van der Waals surface area contributed by atoms with Crippen molar-refractivity contribution in [1.82, 2.24) is 5.32 Å². The molecule has 1 N–H and O–H groups in total. The van der Waals surface area contributed by atoms with Crippen molar-refractivity contribution in [2.45, 2.75) is 25.8 Å². The van der Waals surface area contributed by atoms with Gasteiger partial charge in [0, 0.05) is 7.47 Å². The van der Waals surface area contributed by atoms with Gasteiger partial charge in [-0.3, -0.25) is 0 Å². The maximum atomic E-state index is 8.21. The molecule has 2 nitrogen and oxygen atoms in total. The summed E-state index contributed by atoms with van der Waals surface area (Å²) in [4.78, 5) is 0. The minimum atomic E-state index is 0. The number of nitrogens with one attached hydrogen (secondary N) is 1. The summed E-state index contributed by atoms with van der Waals surface area (Å²) in [5.41, 5.74) is 0. The Morgan fingerprint density at radius 3 is 2.62 bits per heavy atom. The molecule has 2 heteroatoms. The third-order valence-corrected chi connectivity index (χ3v) is 1.24. The van der Waals surface area contributed by atoms with E-state index in [1.54, 1.807) is 0 Å². The van der Waals surface area contributed by atoms with Gasteiger partial charge < -0.3 is 5.32 Å². The van der Waals surface area contributed by atoms with Crippen molar-refractivity contribution in [2.24, 2.45) is 0 Å². The molecular formula is C6H14N2. The van der Waals surface area contributed by atoms with Crippen molar-refractivity contribution < 1.29 is 1.43 Å². The van der Waals surface area contributed by atoms with Gasteiger partial charge in [-0.05, 0) is 13.5 Å². The molecule has 0 radical (unpaired) electrons. The maximum Gasteiger partial charge on any atom is 0.0638 e.